The smallest absolute Gasteiger partial charge is 0.314 e. The summed E-state index contributed by atoms with van der Waals surface area (Å²) in [6.07, 6.45) is 3.40. The summed E-state index contributed by atoms with van der Waals surface area (Å²) in [7, 11) is 0. The van der Waals surface area contributed by atoms with Crippen LogP contribution in [0.3, 0.4) is 0 Å². The molecule has 0 aliphatic rings. The van der Waals surface area contributed by atoms with Gasteiger partial charge in [0, 0.05) is 18.1 Å². The number of hydrogen-bond acceptors (Lipinski definition) is 3. The molecule has 0 saturated heterocycles. The molecule has 0 heterocycles. The lowest BCUT2D eigenvalue weighted by atomic mass is 10.1. The summed E-state index contributed by atoms with van der Waals surface area (Å²) in [6.45, 7) is 0.835. The number of halogens is 1. The average Bonchev–Trinajstić information content (AvgIpc) is 2.45. The molecule has 0 aliphatic heterocycles. The summed E-state index contributed by atoms with van der Waals surface area (Å²) >= 11 is 7.58. The molecule has 0 bridgehead atoms. The predicted molar refractivity (Wildman–Crippen MR) is 85.4 cm³/mol. The SMILES string of the molecule is CSCCCCNC(=O)NCC(O)c1ccc(Cl)cc1. The fourth-order valence-corrected chi connectivity index (χ4v) is 2.25. The Labute approximate surface area is 129 Å². The fraction of sp³-hybridized carbons (Fsp3) is 0.500. The number of rotatable bonds is 8. The summed E-state index contributed by atoms with van der Waals surface area (Å²) in [5.41, 5.74) is 0.731. The minimum Gasteiger partial charge on any atom is -0.387 e. The van der Waals surface area contributed by atoms with Gasteiger partial charge in [0.2, 0.25) is 0 Å². The highest BCUT2D eigenvalue weighted by Crippen LogP contribution is 2.15. The Morgan fingerprint density at radius 1 is 1.30 bits per heavy atom. The van der Waals surface area contributed by atoms with Crippen molar-refractivity contribution in [1.82, 2.24) is 10.6 Å². The van der Waals surface area contributed by atoms with Gasteiger partial charge in [0.15, 0.2) is 0 Å². The first-order chi connectivity index (χ1) is 9.63. The normalized spacial score (nSPS) is 11.9. The average molecular weight is 317 g/mol. The number of carbonyl (C=O) groups is 1. The maximum absolute atomic E-state index is 11.5. The van der Waals surface area contributed by atoms with E-state index in [1.807, 2.05) is 0 Å². The van der Waals surface area contributed by atoms with Gasteiger partial charge in [0.05, 0.1) is 6.10 Å². The van der Waals surface area contributed by atoms with E-state index >= 15 is 0 Å². The van der Waals surface area contributed by atoms with Crippen LogP contribution in [0.5, 0.6) is 0 Å². The highest BCUT2D eigenvalue weighted by molar-refractivity contribution is 7.98. The Morgan fingerprint density at radius 3 is 2.65 bits per heavy atom. The van der Waals surface area contributed by atoms with Gasteiger partial charge in [-0.1, -0.05) is 23.7 Å². The van der Waals surface area contributed by atoms with E-state index < -0.39 is 6.10 Å². The van der Waals surface area contributed by atoms with Crippen molar-refractivity contribution in [1.29, 1.82) is 0 Å². The molecule has 20 heavy (non-hydrogen) atoms. The Kier molecular flexibility index (Phi) is 8.49. The van der Waals surface area contributed by atoms with Crippen LogP contribution in [0.1, 0.15) is 24.5 Å². The van der Waals surface area contributed by atoms with Crippen LogP contribution in [0.15, 0.2) is 24.3 Å². The zero-order valence-corrected chi connectivity index (χ0v) is 13.1. The van der Waals surface area contributed by atoms with Crippen LogP contribution in [-0.4, -0.2) is 36.2 Å². The van der Waals surface area contributed by atoms with Crippen molar-refractivity contribution in [2.75, 3.05) is 25.1 Å². The molecule has 1 aromatic carbocycles. The number of aliphatic hydroxyl groups is 1. The molecule has 0 fully saturated rings. The first-order valence-electron chi connectivity index (χ1n) is 6.57. The molecule has 1 atom stereocenters. The second-order valence-corrected chi connectivity index (χ2v) is 5.83. The summed E-state index contributed by atoms with van der Waals surface area (Å²) in [4.78, 5) is 11.5. The Balaban J connectivity index is 2.18. The second-order valence-electron chi connectivity index (χ2n) is 4.40. The van der Waals surface area contributed by atoms with Gasteiger partial charge >= 0.3 is 6.03 Å². The molecule has 1 rings (SSSR count). The second kappa shape index (κ2) is 9.91. The van der Waals surface area contributed by atoms with E-state index in [0.717, 1.165) is 24.2 Å². The number of amides is 2. The van der Waals surface area contributed by atoms with Crippen LogP contribution in [-0.2, 0) is 0 Å². The maximum Gasteiger partial charge on any atom is 0.314 e. The third-order valence-corrected chi connectivity index (χ3v) is 3.72. The molecule has 0 aromatic heterocycles. The molecule has 0 aliphatic carbocycles. The molecule has 0 radical (unpaired) electrons. The van der Waals surface area contributed by atoms with Crippen molar-refractivity contribution in [3.63, 3.8) is 0 Å². The Morgan fingerprint density at radius 2 is 2.00 bits per heavy atom. The van der Waals surface area contributed by atoms with E-state index in [2.05, 4.69) is 16.9 Å². The van der Waals surface area contributed by atoms with Gasteiger partial charge in [-0.15, -0.1) is 0 Å². The van der Waals surface area contributed by atoms with Crippen molar-refractivity contribution in [3.05, 3.63) is 34.9 Å². The largest absolute Gasteiger partial charge is 0.387 e. The lowest BCUT2D eigenvalue weighted by Crippen LogP contribution is -2.38. The van der Waals surface area contributed by atoms with E-state index in [1.165, 1.54) is 0 Å². The number of nitrogens with one attached hydrogen (secondary N) is 2. The van der Waals surface area contributed by atoms with Gasteiger partial charge in [-0.25, -0.2) is 4.79 Å². The molecule has 6 heteroatoms. The molecule has 2 amide bonds. The van der Waals surface area contributed by atoms with Crippen molar-refractivity contribution < 1.29 is 9.90 Å². The van der Waals surface area contributed by atoms with Gasteiger partial charge in [0.1, 0.15) is 0 Å². The zero-order chi connectivity index (χ0) is 14.8. The standard InChI is InChI=1S/C14H21ClN2O2S/c1-20-9-3-2-8-16-14(19)17-10-13(18)11-4-6-12(15)7-5-11/h4-7,13,18H,2-3,8-10H2,1H3,(H2,16,17,19). The third-order valence-electron chi connectivity index (χ3n) is 2.77. The number of urea groups is 1. The lowest BCUT2D eigenvalue weighted by molar-refractivity contribution is 0.173. The van der Waals surface area contributed by atoms with Crippen LogP contribution in [0.2, 0.25) is 5.02 Å². The van der Waals surface area contributed by atoms with Crippen LogP contribution < -0.4 is 10.6 Å². The number of carbonyl (C=O) groups excluding carboxylic acids is 1. The topological polar surface area (TPSA) is 61.4 Å². The molecular weight excluding hydrogens is 296 g/mol. The molecule has 112 valence electrons. The molecule has 4 nitrogen and oxygen atoms in total. The van der Waals surface area contributed by atoms with Crippen LogP contribution in [0.4, 0.5) is 4.79 Å². The Bertz CT molecular complexity index is 401. The van der Waals surface area contributed by atoms with Gasteiger partial charge < -0.3 is 15.7 Å². The number of benzene rings is 1. The summed E-state index contributed by atoms with van der Waals surface area (Å²) in [5.74, 6) is 1.11. The first-order valence-corrected chi connectivity index (χ1v) is 8.35. The van der Waals surface area contributed by atoms with Gasteiger partial charge in [-0.3, -0.25) is 0 Å². The highest BCUT2D eigenvalue weighted by Gasteiger charge is 2.08. The van der Waals surface area contributed by atoms with Crippen molar-refractivity contribution >= 4 is 29.4 Å². The number of hydrogen-bond donors (Lipinski definition) is 3. The van der Waals surface area contributed by atoms with Crippen LogP contribution in [0, 0.1) is 0 Å². The molecule has 3 N–H and O–H groups in total. The fourth-order valence-electron chi connectivity index (χ4n) is 1.63. The molecule has 1 aromatic rings. The quantitative estimate of drug-likeness (QED) is 0.646. The molecular formula is C14H21ClN2O2S. The minimum atomic E-state index is -0.727. The van der Waals surface area contributed by atoms with Crippen molar-refractivity contribution in [3.8, 4) is 0 Å². The maximum atomic E-state index is 11.5. The van der Waals surface area contributed by atoms with E-state index in [0.29, 0.717) is 11.6 Å². The zero-order valence-electron chi connectivity index (χ0n) is 11.6. The minimum absolute atomic E-state index is 0.179. The van der Waals surface area contributed by atoms with E-state index in [-0.39, 0.29) is 12.6 Å². The van der Waals surface area contributed by atoms with Crippen LogP contribution in [0.25, 0.3) is 0 Å². The Hall–Kier alpha value is -0.910. The molecule has 0 saturated carbocycles. The van der Waals surface area contributed by atoms with E-state index in [9.17, 15) is 9.90 Å². The lowest BCUT2D eigenvalue weighted by Gasteiger charge is -2.13. The summed E-state index contributed by atoms with van der Waals surface area (Å²) in [5, 5.41) is 15.9. The van der Waals surface area contributed by atoms with Crippen LogP contribution >= 0.6 is 23.4 Å². The summed E-state index contributed by atoms with van der Waals surface area (Å²) in [6, 6.07) is 6.67. The van der Waals surface area contributed by atoms with Gasteiger partial charge in [-0.05, 0) is 42.5 Å². The number of unbranched alkanes of at least 4 members (excludes halogenated alkanes) is 1. The molecule has 1 unspecified atom stereocenters. The monoisotopic (exact) mass is 316 g/mol. The van der Waals surface area contributed by atoms with Crippen molar-refractivity contribution in [2.24, 2.45) is 0 Å². The first kappa shape index (κ1) is 17.1. The number of aliphatic hydroxyl groups excluding tert-OH is 1. The van der Waals surface area contributed by atoms with E-state index in [4.69, 9.17) is 11.6 Å². The highest BCUT2D eigenvalue weighted by atomic mass is 35.5. The third kappa shape index (κ3) is 7.03. The van der Waals surface area contributed by atoms with Gasteiger partial charge in [-0.2, -0.15) is 11.8 Å². The van der Waals surface area contributed by atoms with E-state index in [1.54, 1.807) is 36.0 Å². The molecule has 0 spiro atoms. The number of thioether (sulfide) groups is 1. The summed E-state index contributed by atoms with van der Waals surface area (Å²) < 4.78 is 0. The predicted octanol–water partition coefficient (Wildman–Crippen LogP) is 2.82. The van der Waals surface area contributed by atoms with Crippen molar-refractivity contribution in [2.45, 2.75) is 18.9 Å². The van der Waals surface area contributed by atoms with Gasteiger partial charge in [0.25, 0.3) is 0 Å².